The first-order valence-electron chi connectivity index (χ1n) is 10.7. The Labute approximate surface area is 195 Å². The molecule has 3 heterocycles. The number of aromatic nitrogens is 1. The zero-order valence-corrected chi connectivity index (χ0v) is 18.0. The summed E-state index contributed by atoms with van der Waals surface area (Å²) >= 11 is 0. The third-order valence-corrected chi connectivity index (χ3v) is 5.55. The molecule has 1 N–H and O–H groups in total. The normalized spacial score (nSPS) is 17.2. The molecule has 1 saturated heterocycles. The second-order valence-corrected chi connectivity index (χ2v) is 7.73. The van der Waals surface area contributed by atoms with E-state index in [-0.39, 0.29) is 17.9 Å². The van der Waals surface area contributed by atoms with Gasteiger partial charge in [0.05, 0.1) is 24.4 Å². The Morgan fingerprint density at radius 2 is 1.71 bits per heavy atom. The van der Waals surface area contributed by atoms with Gasteiger partial charge in [0.2, 0.25) is 0 Å². The van der Waals surface area contributed by atoms with Crippen LogP contribution in [0.5, 0.6) is 11.5 Å². The summed E-state index contributed by atoms with van der Waals surface area (Å²) in [4.78, 5) is 31.6. The number of pyridine rings is 1. The maximum atomic E-state index is 13.1. The zero-order valence-electron chi connectivity index (χ0n) is 18.0. The molecule has 0 saturated carbocycles. The Hall–Kier alpha value is -4.65. The zero-order chi connectivity index (χ0) is 23.5. The van der Waals surface area contributed by atoms with Crippen LogP contribution in [0.25, 0.3) is 5.76 Å². The molecule has 34 heavy (non-hydrogen) atoms. The molecule has 168 valence electrons. The number of Topliss-reactive ketones (excluding diaryl/α,β-unsaturated/α-hetero) is 1. The number of aliphatic hydroxyl groups is 1. The smallest absolute Gasteiger partial charge is 0.296 e. The summed E-state index contributed by atoms with van der Waals surface area (Å²) in [5.74, 6) is -0.0292. The standard InChI is InChI=1S/C27H20N2O5/c30-25(18-11-13-28-14-12-18)23-24(29(27(32)26(23)31)17-22-10-5-15-33-22)19-6-4-9-21(16-19)34-20-7-2-1-3-8-20/h1-16,24,30H,17H2. The van der Waals surface area contributed by atoms with E-state index in [0.717, 1.165) is 0 Å². The molecule has 7 heteroatoms. The lowest BCUT2D eigenvalue weighted by molar-refractivity contribution is -0.140. The van der Waals surface area contributed by atoms with Gasteiger partial charge >= 0.3 is 0 Å². The Bertz CT molecular complexity index is 1350. The number of hydrogen-bond donors (Lipinski definition) is 1. The van der Waals surface area contributed by atoms with Crippen molar-refractivity contribution in [2.45, 2.75) is 12.6 Å². The lowest BCUT2D eigenvalue weighted by Crippen LogP contribution is -2.29. The fourth-order valence-electron chi connectivity index (χ4n) is 4.00. The molecule has 1 amide bonds. The van der Waals surface area contributed by atoms with Crippen LogP contribution in [0.15, 0.2) is 108 Å². The van der Waals surface area contributed by atoms with Gasteiger partial charge in [-0.25, -0.2) is 0 Å². The minimum absolute atomic E-state index is 0.000354. The van der Waals surface area contributed by atoms with E-state index in [2.05, 4.69) is 4.98 Å². The van der Waals surface area contributed by atoms with Crippen molar-refractivity contribution in [3.8, 4) is 11.5 Å². The van der Waals surface area contributed by atoms with Gasteiger partial charge < -0.3 is 19.2 Å². The number of rotatable bonds is 6. The monoisotopic (exact) mass is 452 g/mol. The lowest BCUT2D eigenvalue weighted by atomic mass is 9.95. The number of carbonyl (C=O) groups is 2. The molecule has 0 spiro atoms. The Morgan fingerprint density at radius 1 is 0.941 bits per heavy atom. The average Bonchev–Trinajstić information content (AvgIpc) is 3.47. The number of ether oxygens (including phenoxy) is 1. The molecule has 2 aromatic carbocycles. The fourth-order valence-corrected chi connectivity index (χ4v) is 4.00. The number of furan rings is 1. The van der Waals surface area contributed by atoms with E-state index in [9.17, 15) is 14.7 Å². The van der Waals surface area contributed by atoms with Crippen molar-refractivity contribution in [1.82, 2.24) is 9.88 Å². The van der Waals surface area contributed by atoms with E-state index in [0.29, 0.717) is 28.4 Å². The number of aliphatic hydroxyl groups excluding tert-OH is 1. The molecule has 0 radical (unpaired) electrons. The van der Waals surface area contributed by atoms with Gasteiger partial charge in [0, 0.05) is 18.0 Å². The van der Waals surface area contributed by atoms with Crippen molar-refractivity contribution in [2.75, 3.05) is 0 Å². The van der Waals surface area contributed by atoms with Crippen molar-refractivity contribution in [1.29, 1.82) is 0 Å². The maximum absolute atomic E-state index is 13.1. The van der Waals surface area contributed by atoms with E-state index in [1.54, 1.807) is 48.5 Å². The summed E-state index contributed by atoms with van der Waals surface area (Å²) in [5, 5.41) is 11.1. The molecular weight excluding hydrogens is 432 g/mol. The minimum atomic E-state index is -0.836. The summed E-state index contributed by atoms with van der Waals surface area (Å²) < 4.78 is 11.4. The van der Waals surface area contributed by atoms with Gasteiger partial charge in [-0.1, -0.05) is 30.3 Å². The Morgan fingerprint density at radius 3 is 2.44 bits per heavy atom. The number of ketones is 1. The first-order valence-corrected chi connectivity index (χ1v) is 10.7. The van der Waals surface area contributed by atoms with Crippen LogP contribution in [0.2, 0.25) is 0 Å². The third kappa shape index (κ3) is 4.06. The van der Waals surface area contributed by atoms with Crippen LogP contribution >= 0.6 is 0 Å². The molecule has 1 aliphatic heterocycles. The van der Waals surface area contributed by atoms with Crippen LogP contribution in [0.3, 0.4) is 0 Å². The third-order valence-electron chi connectivity index (χ3n) is 5.55. The first-order chi connectivity index (χ1) is 16.6. The average molecular weight is 452 g/mol. The number of para-hydroxylation sites is 1. The number of nitrogens with zero attached hydrogens (tertiary/aromatic N) is 2. The predicted molar refractivity (Wildman–Crippen MR) is 124 cm³/mol. The largest absolute Gasteiger partial charge is 0.507 e. The van der Waals surface area contributed by atoms with E-state index < -0.39 is 17.7 Å². The van der Waals surface area contributed by atoms with E-state index >= 15 is 0 Å². The summed E-state index contributed by atoms with van der Waals surface area (Å²) in [5.41, 5.74) is 1.02. The Kier molecular flexibility index (Phi) is 5.66. The topological polar surface area (TPSA) is 92.9 Å². The fraction of sp³-hybridized carbons (Fsp3) is 0.0741. The van der Waals surface area contributed by atoms with E-state index in [1.807, 2.05) is 30.3 Å². The van der Waals surface area contributed by atoms with Crippen LogP contribution in [0.4, 0.5) is 0 Å². The second kappa shape index (κ2) is 9.07. The molecule has 0 bridgehead atoms. The van der Waals surface area contributed by atoms with Gasteiger partial charge in [-0.2, -0.15) is 0 Å². The number of likely N-dealkylation sites (tertiary alicyclic amines) is 1. The predicted octanol–water partition coefficient (Wildman–Crippen LogP) is 5.09. The van der Waals surface area contributed by atoms with Crippen LogP contribution in [0.1, 0.15) is 22.9 Å². The van der Waals surface area contributed by atoms with Crippen molar-refractivity contribution in [3.05, 3.63) is 120 Å². The van der Waals surface area contributed by atoms with Gasteiger partial charge in [-0.15, -0.1) is 0 Å². The van der Waals surface area contributed by atoms with Gasteiger partial charge in [0.25, 0.3) is 11.7 Å². The van der Waals surface area contributed by atoms with Crippen molar-refractivity contribution in [3.63, 3.8) is 0 Å². The molecule has 2 aromatic heterocycles. The van der Waals surface area contributed by atoms with Crippen LogP contribution in [0, 0.1) is 0 Å². The van der Waals surface area contributed by atoms with E-state index in [1.165, 1.54) is 23.6 Å². The molecule has 1 unspecified atom stereocenters. The molecule has 4 aromatic rings. The van der Waals surface area contributed by atoms with Gasteiger partial charge in [0.15, 0.2) is 0 Å². The summed E-state index contributed by atoms with van der Waals surface area (Å²) in [7, 11) is 0. The van der Waals surface area contributed by atoms with Crippen molar-refractivity contribution >= 4 is 17.4 Å². The Balaban J connectivity index is 1.61. The molecule has 0 aliphatic carbocycles. The number of amides is 1. The first kappa shape index (κ1) is 21.2. The molecule has 7 nitrogen and oxygen atoms in total. The van der Waals surface area contributed by atoms with Gasteiger partial charge in [-0.05, 0) is 54.1 Å². The second-order valence-electron chi connectivity index (χ2n) is 7.73. The minimum Gasteiger partial charge on any atom is -0.507 e. The van der Waals surface area contributed by atoms with Crippen LogP contribution in [-0.4, -0.2) is 26.7 Å². The molecular formula is C27H20N2O5. The highest BCUT2D eigenvalue weighted by molar-refractivity contribution is 6.46. The molecule has 1 atom stereocenters. The van der Waals surface area contributed by atoms with Crippen molar-refractivity contribution < 1.29 is 23.8 Å². The van der Waals surface area contributed by atoms with Gasteiger partial charge in [0.1, 0.15) is 23.0 Å². The highest BCUT2D eigenvalue weighted by atomic mass is 16.5. The number of benzene rings is 2. The van der Waals surface area contributed by atoms with Crippen molar-refractivity contribution in [2.24, 2.45) is 0 Å². The molecule has 1 fully saturated rings. The highest BCUT2D eigenvalue weighted by Crippen LogP contribution is 2.41. The molecule has 1 aliphatic rings. The SMILES string of the molecule is O=C1C(=O)N(Cc2ccco2)C(c2cccc(Oc3ccccc3)c2)C1=C(O)c1ccncc1. The van der Waals surface area contributed by atoms with E-state index in [4.69, 9.17) is 9.15 Å². The number of hydrogen-bond acceptors (Lipinski definition) is 6. The summed E-state index contributed by atoms with van der Waals surface area (Å²) in [6.07, 6.45) is 4.53. The summed E-state index contributed by atoms with van der Waals surface area (Å²) in [6.45, 7) is 0.0686. The summed E-state index contributed by atoms with van der Waals surface area (Å²) in [6, 6.07) is 22.2. The maximum Gasteiger partial charge on any atom is 0.296 e. The lowest BCUT2D eigenvalue weighted by Gasteiger charge is -2.25. The van der Waals surface area contributed by atoms with Gasteiger partial charge in [-0.3, -0.25) is 14.6 Å². The van der Waals surface area contributed by atoms with Crippen LogP contribution < -0.4 is 4.74 Å². The molecule has 5 rings (SSSR count). The number of carbonyl (C=O) groups excluding carboxylic acids is 2. The van der Waals surface area contributed by atoms with Crippen LogP contribution in [-0.2, 0) is 16.1 Å². The quantitative estimate of drug-likeness (QED) is 0.249. The highest BCUT2D eigenvalue weighted by Gasteiger charge is 2.46.